The molecule has 0 unspecified atom stereocenters. The molecule has 150 valence electrons. The SMILES string of the molecule is CCN1CCCCCCN[C@@H](Cc2ccccc2)COc2ccccc2C1=O. The molecule has 1 heterocycles. The van der Waals surface area contributed by atoms with Crippen LogP contribution in [-0.2, 0) is 6.42 Å². The van der Waals surface area contributed by atoms with Crippen molar-refractivity contribution >= 4 is 5.91 Å². The highest BCUT2D eigenvalue weighted by molar-refractivity contribution is 5.96. The zero-order chi connectivity index (χ0) is 19.6. The number of carbonyl (C=O) groups excluding carboxylic acids is 1. The van der Waals surface area contributed by atoms with Crippen LogP contribution >= 0.6 is 0 Å². The third-order valence-corrected chi connectivity index (χ3v) is 5.34. The molecule has 28 heavy (non-hydrogen) atoms. The van der Waals surface area contributed by atoms with Crippen molar-refractivity contribution in [3.63, 3.8) is 0 Å². The molecular formula is C24H32N2O2. The Bertz CT molecular complexity index is 732. The molecule has 1 aliphatic rings. The van der Waals surface area contributed by atoms with E-state index in [2.05, 4.69) is 29.6 Å². The fourth-order valence-corrected chi connectivity index (χ4v) is 3.71. The Morgan fingerprint density at radius 3 is 2.57 bits per heavy atom. The van der Waals surface area contributed by atoms with Gasteiger partial charge in [0.25, 0.3) is 5.91 Å². The maximum atomic E-state index is 13.0. The summed E-state index contributed by atoms with van der Waals surface area (Å²) in [5, 5.41) is 3.66. The fourth-order valence-electron chi connectivity index (χ4n) is 3.71. The molecule has 2 aromatic rings. The van der Waals surface area contributed by atoms with E-state index in [1.54, 1.807) is 0 Å². The summed E-state index contributed by atoms with van der Waals surface area (Å²) in [5.74, 6) is 0.755. The average molecular weight is 381 g/mol. The minimum atomic E-state index is 0.0720. The highest BCUT2D eigenvalue weighted by atomic mass is 16.5. The van der Waals surface area contributed by atoms with Gasteiger partial charge in [-0.3, -0.25) is 4.79 Å². The van der Waals surface area contributed by atoms with Crippen molar-refractivity contribution in [1.29, 1.82) is 0 Å². The molecule has 0 bridgehead atoms. The van der Waals surface area contributed by atoms with E-state index >= 15 is 0 Å². The first-order chi connectivity index (χ1) is 13.8. The van der Waals surface area contributed by atoms with Crippen LogP contribution in [0.2, 0.25) is 0 Å². The Morgan fingerprint density at radius 2 is 1.75 bits per heavy atom. The van der Waals surface area contributed by atoms with E-state index in [-0.39, 0.29) is 11.9 Å². The lowest BCUT2D eigenvalue weighted by Gasteiger charge is -2.24. The Kier molecular flexibility index (Phi) is 7.92. The molecule has 1 aliphatic heterocycles. The summed E-state index contributed by atoms with van der Waals surface area (Å²) in [6, 6.07) is 18.4. The summed E-state index contributed by atoms with van der Waals surface area (Å²) >= 11 is 0. The monoisotopic (exact) mass is 380 g/mol. The minimum Gasteiger partial charge on any atom is -0.491 e. The van der Waals surface area contributed by atoms with Crippen LogP contribution in [0, 0.1) is 0 Å². The maximum Gasteiger partial charge on any atom is 0.257 e. The first-order valence-electron chi connectivity index (χ1n) is 10.6. The summed E-state index contributed by atoms with van der Waals surface area (Å²) in [6.45, 7) is 5.13. The number of ether oxygens (including phenoxy) is 1. The van der Waals surface area contributed by atoms with Crippen molar-refractivity contribution in [2.24, 2.45) is 0 Å². The van der Waals surface area contributed by atoms with Crippen LogP contribution in [0.4, 0.5) is 0 Å². The molecule has 0 spiro atoms. The number of amides is 1. The zero-order valence-corrected chi connectivity index (χ0v) is 16.9. The standard InChI is InChI=1S/C24H32N2O2/c1-2-26-17-11-4-3-10-16-25-21(18-20-12-6-5-7-13-20)19-28-23-15-9-8-14-22(23)24(26)27/h5-9,12-15,21,25H,2-4,10-11,16-19H2,1H3/t21-/m0/s1. The van der Waals surface area contributed by atoms with Gasteiger partial charge in [-0.25, -0.2) is 0 Å². The molecule has 4 heteroatoms. The summed E-state index contributed by atoms with van der Waals surface area (Å²) in [7, 11) is 0. The van der Waals surface area contributed by atoms with E-state index in [0.29, 0.717) is 17.9 Å². The van der Waals surface area contributed by atoms with Crippen molar-refractivity contribution in [2.75, 3.05) is 26.2 Å². The van der Waals surface area contributed by atoms with Gasteiger partial charge in [0.15, 0.2) is 0 Å². The van der Waals surface area contributed by atoms with Gasteiger partial charge in [0, 0.05) is 19.1 Å². The molecule has 0 aromatic heterocycles. The topological polar surface area (TPSA) is 41.6 Å². The second-order valence-corrected chi connectivity index (χ2v) is 7.45. The van der Waals surface area contributed by atoms with Crippen LogP contribution in [0.3, 0.4) is 0 Å². The molecule has 4 nitrogen and oxygen atoms in total. The lowest BCUT2D eigenvalue weighted by molar-refractivity contribution is 0.0755. The lowest BCUT2D eigenvalue weighted by atomic mass is 10.1. The van der Waals surface area contributed by atoms with Crippen LogP contribution in [0.15, 0.2) is 54.6 Å². The Morgan fingerprint density at radius 1 is 1.00 bits per heavy atom. The minimum absolute atomic E-state index is 0.0720. The van der Waals surface area contributed by atoms with Crippen LogP contribution < -0.4 is 10.1 Å². The average Bonchev–Trinajstić information content (AvgIpc) is 2.74. The molecule has 1 amide bonds. The van der Waals surface area contributed by atoms with Crippen LogP contribution in [0.25, 0.3) is 0 Å². The third-order valence-electron chi connectivity index (χ3n) is 5.34. The third kappa shape index (κ3) is 5.83. The number of nitrogens with one attached hydrogen (secondary N) is 1. The second-order valence-electron chi connectivity index (χ2n) is 7.45. The van der Waals surface area contributed by atoms with Gasteiger partial charge < -0.3 is 15.0 Å². The van der Waals surface area contributed by atoms with Crippen molar-refractivity contribution in [2.45, 2.75) is 45.1 Å². The number of hydrogen-bond donors (Lipinski definition) is 1. The Labute approximate surface area is 168 Å². The number of para-hydroxylation sites is 1. The first kappa shape index (κ1) is 20.4. The normalized spacial score (nSPS) is 19.4. The number of fused-ring (bicyclic) bond motifs is 1. The van der Waals surface area contributed by atoms with E-state index in [1.165, 1.54) is 12.0 Å². The van der Waals surface area contributed by atoms with Gasteiger partial charge in [-0.2, -0.15) is 0 Å². The number of hydrogen-bond acceptors (Lipinski definition) is 3. The van der Waals surface area contributed by atoms with E-state index in [4.69, 9.17) is 4.74 Å². The lowest BCUT2D eigenvalue weighted by Crippen LogP contribution is -2.38. The number of carbonyl (C=O) groups is 1. The van der Waals surface area contributed by atoms with E-state index < -0.39 is 0 Å². The van der Waals surface area contributed by atoms with Crippen molar-refractivity contribution in [3.05, 3.63) is 65.7 Å². The van der Waals surface area contributed by atoms with Crippen molar-refractivity contribution < 1.29 is 9.53 Å². The highest BCUT2D eigenvalue weighted by Gasteiger charge is 2.19. The Hall–Kier alpha value is -2.33. The number of benzene rings is 2. The largest absolute Gasteiger partial charge is 0.491 e. The molecule has 0 radical (unpaired) electrons. The molecule has 3 rings (SSSR count). The molecule has 0 aliphatic carbocycles. The van der Waals surface area contributed by atoms with Gasteiger partial charge in [0.05, 0.1) is 5.56 Å². The molecule has 1 N–H and O–H groups in total. The zero-order valence-electron chi connectivity index (χ0n) is 16.9. The highest BCUT2D eigenvalue weighted by Crippen LogP contribution is 2.21. The van der Waals surface area contributed by atoms with E-state index in [0.717, 1.165) is 45.3 Å². The number of nitrogens with zero attached hydrogens (tertiary/aromatic N) is 1. The van der Waals surface area contributed by atoms with Gasteiger partial charge >= 0.3 is 0 Å². The van der Waals surface area contributed by atoms with Crippen molar-refractivity contribution in [1.82, 2.24) is 10.2 Å². The molecule has 2 aromatic carbocycles. The summed E-state index contributed by atoms with van der Waals surface area (Å²) in [4.78, 5) is 15.0. The maximum absolute atomic E-state index is 13.0. The van der Waals surface area contributed by atoms with Crippen molar-refractivity contribution in [3.8, 4) is 5.75 Å². The number of rotatable bonds is 3. The van der Waals surface area contributed by atoms with Crippen LogP contribution in [0.1, 0.15) is 48.5 Å². The molecule has 0 saturated carbocycles. The van der Waals surface area contributed by atoms with Gasteiger partial charge in [0.2, 0.25) is 0 Å². The van der Waals surface area contributed by atoms with E-state index in [9.17, 15) is 4.79 Å². The van der Waals surface area contributed by atoms with Gasteiger partial charge in [-0.1, -0.05) is 55.3 Å². The summed E-state index contributed by atoms with van der Waals surface area (Å²) in [6.07, 6.45) is 5.47. The fraction of sp³-hybridized carbons (Fsp3) is 0.458. The molecule has 0 fully saturated rings. The second kappa shape index (κ2) is 10.9. The smallest absolute Gasteiger partial charge is 0.257 e. The van der Waals surface area contributed by atoms with Crippen LogP contribution in [0.5, 0.6) is 5.75 Å². The van der Waals surface area contributed by atoms with Gasteiger partial charge in [0.1, 0.15) is 12.4 Å². The van der Waals surface area contributed by atoms with Gasteiger partial charge in [-0.15, -0.1) is 0 Å². The van der Waals surface area contributed by atoms with Gasteiger partial charge in [-0.05, 0) is 50.4 Å². The Balaban J connectivity index is 1.77. The molecule has 1 atom stereocenters. The van der Waals surface area contributed by atoms with E-state index in [1.807, 2.05) is 42.2 Å². The molecule has 0 saturated heterocycles. The van der Waals surface area contributed by atoms with Crippen LogP contribution in [-0.4, -0.2) is 43.1 Å². The predicted molar refractivity (Wildman–Crippen MR) is 114 cm³/mol. The molecular weight excluding hydrogens is 348 g/mol. The predicted octanol–water partition coefficient (Wildman–Crippen LogP) is 4.30. The summed E-state index contributed by atoms with van der Waals surface area (Å²) < 4.78 is 6.17. The summed E-state index contributed by atoms with van der Waals surface area (Å²) in [5.41, 5.74) is 1.96. The quantitative estimate of drug-likeness (QED) is 0.863. The first-order valence-corrected chi connectivity index (χ1v) is 10.6.